The van der Waals surface area contributed by atoms with Crippen LogP contribution in [-0.4, -0.2) is 96.7 Å². The first kappa shape index (κ1) is 93.1. The number of unbranched alkanes of at least 4 members (excludes halogenated alkanes) is 38. The van der Waals surface area contributed by atoms with Crippen LogP contribution in [0.2, 0.25) is 0 Å². The van der Waals surface area contributed by atoms with Gasteiger partial charge in [0.1, 0.15) is 19.3 Å². The lowest BCUT2D eigenvalue weighted by molar-refractivity contribution is -0.161. The molecule has 0 spiro atoms. The predicted octanol–water partition coefficient (Wildman–Crippen LogP) is 22.0. The van der Waals surface area contributed by atoms with E-state index in [1.54, 1.807) is 0 Å². The maximum atomic E-state index is 13.1. The van der Waals surface area contributed by atoms with Crippen molar-refractivity contribution >= 4 is 39.5 Å². The van der Waals surface area contributed by atoms with E-state index in [4.69, 9.17) is 37.0 Å². The fourth-order valence-electron chi connectivity index (χ4n) is 11.5. The Labute approximate surface area is 581 Å². The summed E-state index contributed by atoms with van der Waals surface area (Å²) in [5.41, 5.74) is 0. The number of phosphoric acid groups is 2. The third kappa shape index (κ3) is 69.0. The second-order valence-electron chi connectivity index (χ2n) is 29.1. The molecular weight excluding hydrogens is 1250 g/mol. The van der Waals surface area contributed by atoms with Gasteiger partial charge in [-0.05, 0) is 49.4 Å². The number of hydrogen-bond donors (Lipinski definition) is 3. The number of ether oxygens (including phenoxy) is 4. The van der Waals surface area contributed by atoms with E-state index in [9.17, 15) is 43.2 Å². The third-order valence-electron chi connectivity index (χ3n) is 17.9. The predicted molar refractivity (Wildman–Crippen MR) is 386 cm³/mol. The summed E-state index contributed by atoms with van der Waals surface area (Å²) >= 11 is 0. The van der Waals surface area contributed by atoms with Gasteiger partial charge in [-0.3, -0.25) is 37.3 Å². The van der Waals surface area contributed by atoms with E-state index in [0.717, 1.165) is 120 Å². The number of hydrogen-bond acceptors (Lipinski definition) is 15. The fourth-order valence-corrected chi connectivity index (χ4v) is 13.1. The van der Waals surface area contributed by atoms with Crippen LogP contribution >= 0.6 is 15.6 Å². The zero-order chi connectivity index (χ0) is 70.3. The Kier molecular flexibility index (Phi) is 64.0. The van der Waals surface area contributed by atoms with Gasteiger partial charge in [-0.25, -0.2) is 9.13 Å². The van der Waals surface area contributed by atoms with Gasteiger partial charge in [0.05, 0.1) is 26.4 Å². The molecule has 0 amide bonds. The first-order valence-electron chi connectivity index (χ1n) is 39.2. The molecule has 0 heterocycles. The summed E-state index contributed by atoms with van der Waals surface area (Å²) < 4.78 is 68.5. The monoisotopic (exact) mass is 1400 g/mol. The third-order valence-corrected chi connectivity index (χ3v) is 19.8. The molecular formula is C76H148O17P2. The molecule has 3 unspecified atom stereocenters. The van der Waals surface area contributed by atoms with E-state index in [1.165, 1.54) is 180 Å². The maximum absolute atomic E-state index is 13.1. The van der Waals surface area contributed by atoms with Gasteiger partial charge < -0.3 is 33.8 Å². The molecule has 0 aromatic carbocycles. The highest BCUT2D eigenvalue weighted by molar-refractivity contribution is 7.47. The summed E-state index contributed by atoms with van der Waals surface area (Å²) in [5, 5.41) is 10.6. The van der Waals surface area contributed by atoms with Crippen molar-refractivity contribution in [1.82, 2.24) is 0 Å². The van der Waals surface area contributed by atoms with Crippen LogP contribution in [0, 0.1) is 23.7 Å². The van der Waals surface area contributed by atoms with Gasteiger partial charge in [0, 0.05) is 25.7 Å². The maximum Gasteiger partial charge on any atom is 0.472 e. The van der Waals surface area contributed by atoms with Gasteiger partial charge in [0.2, 0.25) is 0 Å². The van der Waals surface area contributed by atoms with Crippen LogP contribution in [-0.2, 0) is 65.4 Å². The van der Waals surface area contributed by atoms with Crippen molar-refractivity contribution in [2.24, 2.45) is 23.7 Å². The van der Waals surface area contributed by atoms with E-state index < -0.39 is 97.5 Å². The van der Waals surface area contributed by atoms with E-state index in [1.807, 2.05) is 0 Å². The zero-order valence-electron chi connectivity index (χ0n) is 62.3. The van der Waals surface area contributed by atoms with Crippen LogP contribution in [0.1, 0.15) is 383 Å². The minimum absolute atomic E-state index is 0.104. The number of carbonyl (C=O) groups is 4. The number of aliphatic hydroxyl groups excluding tert-OH is 1. The standard InChI is InChI=1S/C76H148O17P2/c1-9-69(8)55-47-39-34-35-41-49-57-74(79)87-63-72(93-76(81)59-51-43-33-27-21-24-30-38-46-54-68(6)7)65-91-95(84,85)89-61-70(77)60-88-94(82,83)90-64-71(92-75(80)58-50-42-32-26-20-16-12-14-18-23-29-37-45-53-67(4)5)62-86-73(78)56-48-40-31-25-19-15-11-10-13-17-22-28-36-44-52-66(2)3/h66-72,77H,9-65H2,1-8H3,(H,82,83)(H,84,85)/t69?,70-,71-,72-/m1/s1. The Morgan fingerprint density at radius 3 is 0.747 bits per heavy atom. The van der Waals surface area contributed by atoms with Crippen molar-refractivity contribution in [3.05, 3.63) is 0 Å². The van der Waals surface area contributed by atoms with Gasteiger partial charge in [-0.15, -0.1) is 0 Å². The number of carbonyl (C=O) groups excluding carboxylic acids is 4. The second kappa shape index (κ2) is 65.4. The van der Waals surface area contributed by atoms with Crippen LogP contribution in [0.3, 0.4) is 0 Å². The van der Waals surface area contributed by atoms with Crippen LogP contribution in [0.4, 0.5) is 0 Å². The first-order chi connectivity index (χ1) is 45.6. The van der Waals surface area contributed by atoms with Crippen molar-refractivity contribution in [2.75, 3.05) is 39.6 Å². The molecule has 0 fully saturated rings. The van der Waals surface area contributed by atoms with Crippen LogP contribution < -0.4 is 0 Å². The second-order valence-corrected chi connectivity index (χ2v) is 32.0. The molecule has 0 aliphatic rings. The lowest BCUT2D eigenvalue weighted by Gasteiger charge is -2.21. The highest BCUT2D eigenvalue weighted by Crippen LogP contribution is 2.45. The molecule has 0 aromatic heterocycles. The average molecular weight is 1400 g/mol. The first-order valence-corrected chi connectivity index (χ1v) is 42.2. The van der Waals surface area contributed by atoms with Gasteiger partial charge in [0.15, 0.2) is 12.2 Å². The molecule has 0 saturated carbocycles. The molecule has 3 N–H and O–H groups in total. The van der Waals surface area contributed by atoms with E-state index >= 15 is 0 Å². The largest absolute Gasteiger partial charge is 0.472 e. The Bertz CT molecular complexity index is 1870. The molecule has 0 bridgehead atoms. The Hall–Kier alpha value is -1.94. The lowest BCUT2D eigenvalue weighted by atomic mass is 10.00. The molecule has 19 heteroatoms. The number of esters is 4. The molecule has 0 rings (SSSR count). The van der Waals surface area contributed by atoms with Crippen molar-refractivity contribution in [3.63, 3.8) is 0 Å². The highest BCUT2D eigenvalue weighted by Gasteiger charge is 2.30. The minimum atomic E-state index is -4.96. The van der Waals surface area contributed by atoms with Crippen LogP contribution in [0.5, 0.6) is 0 Å². The number of phosphoric ester groups is 2. The molecule has 17 nitrogen and oxygen atoms in total. The summed E-state index contributed by atoms with van der Waals surface area (Å²) in [6.07, 6.45) is 50.0. The molecule has 0 aromatic rings. The molecule has 6 atom stereocenters. The van der Waals surface area contributed by atoms with Gasteiger partial charge in [-0.1, -0.05) is 331 Å². The van der Waals surface area contributed by atoms with Crippen molar-refractivity contribution in [3.8, 4) is 0 Å². The normalized spacial score (nSPS) is 14.4. The summed E-state index contributed by atoms with van der Waals surface area (Å²) in [7, 11) is -9.91. The summed E-state index contributed by atoms with van der Waals surface area (Å²) in [6, 6.07) is 0. The summed E-state index contributed by atoms with van der Waals surface area (Å²) in [6.45, 7) is 14.2. The molecule has 564 valence electrons. The van der Waals surface area contributed by atoms with Gasteiger partial charge in [0.25, 0.3) is 0 Å². The summed E-state index contributed by atoms with van der Waals surface area (Å²) in [5.74, 6) is 0.931. The van der Waals surface area contributed by atoms with E-state index in [2.05, 4.69) is 55.4 Å². The van der Waals surface area contributed by atoms with Crippen LogP contribution in [0.25, 0.3) is 0 Å². The van der Waals surface area contributed by atoms with Crippen molar-refractivity contribution < 1.29 is 80.2 Å². The quantitative estimate of drug-likeness (QED) is 0.0222. The number of rotatable bonds is 73. The average Bonchev–Trinajstić information content (AvgIpc) is 1.55. The molecule has 95 heavy (non-hydrogen) atoms. The highest BCUT2D eigenvalue weighted by atomic mass is 31.2. The molecule has 0 radical (unpaired) electrons. The Morgan fingerprint density at radius 2 is 0.505 bits per heavy atom. The Balaban J connectivity index is 5.25. The van der Waals surface area contributed by atoms with Crippen molar-refractivity contribution in [1.29, 1.82) is 0 Å². The van der Waals surface area contributed by atoms with Gasteiger partial charge in [-0.2, -0.15) is 0 Å². The van der Waals surface area contributed by atoms with Gasteiger partial charge >= 0.3 is 39.5 Å². The SMILES string of the molecule is CCC(C)CCCCCCCCC(=O)OC[C@H](COP(=O)(O)OC[C@H](O)COP(=O)(O)OC[C@@H](COC(=O)CCCCCCCCCCCCCCCCC(C)C)OC(=O)CCCCCCCCCCCCCCCC(C)C)OC(=O)CCCCCCCCCCCC(C)C. The summed E-state index contributed by atoms with van der Waals surface area (Å²) in [4.78, 5) is 72.8. The smallest absolute Gasteiger partial charge is 0.462 e. The molecule has 0 aliphatic heterocycles. The van der Waals surface area contributed by atoms with Crippen molar-refractivity contribution in [2.45, 2.75) is 401 Å². The van der Waals surface area contributed by atoms with E-state index in [0.29, 0.717) is 25.7 Å². The molecule has 0 saturated heterocycles. The Morgan fingerprint density at radius 1 is 0.295 bits per heavy atom. The molecule has 0 aliphatic carbocycles. The van der Waals surface area contributed by atoms with Crippen LogP contribution in [0.15, 0.2) is 0 Å². The fraction of sp³-hybridized carbons (Fsp3) is 0.947. The van der Waals surface area contributed by atoms with E-state index in [-0.39, 0.29) is 25.7 Å². The topological polar surface area (TPSA) is 237 Å². The number of aliphatic hydroxyl groups is 1. The zero-order valence-corrected chi connectivity index (χ0v) is 64.1. The minimum Gasteiger partial charge on any atom is -0.462 e. The lowest BCUT2D eigenvalue weighted by Crippen LogP contribution is -2.30.